The summed E-state index contributed by atoms with van der Waals surface area (Å²) < 4.78 is 0. The summed E-state index contributed by atoms with van der Waals surface area (Å²) in [6.07, 6.45) is 9.18. The minimum Gasteiger partial charge on any atom is -0.389 e. The summed E-state index contributed by atoms with van der Waals surface area (Å²) in [6, 6.07) is 0. The van der Waals surface area contributed by atoms with Gasteiger partial charge in [0.05, 0.1) is 6.10 Å². The van der Waals surface area contributed by atoms with Crippen molar-refractivity contribution in [3.05, 3.63) is 11.6 Å². The number of unbranched alkanes of at least 4 members (excludes halogenated alkanes) is 2. The molecule has 0 aliphatic heterocycles. The van der Waals surface area contributed by atoms with Crippen LogP contribution in [0.4, 0.5) is 0 Å². The molecule has 0 bridgehead atoms. The molecule has 1 N–H and O–H groups in total. The van der Waals surface area contributed by atoms with Crippen LogP contribution in [0.5, 0.6) is 0 Å². The third kappa shape index (κ3) is 3.95. The van der Waals surface area contributed by atoms with Crippen LogP contribution < -0.4 is 0 Å². The van der Waals surface area contributed by atoms with Crippen molar-refractivity contribution in [3.8, 4) is 0 Å². The molecular weight excluding hydrogens is 160 g/mol. The van der Waals surface area contributed by atoms with Crippen molar-refractivity contribution in [1.29, 1.82) is 0 Å². The lowest BCUT2D eigenvalue weighted by Gasteiger charge is -2.22. The van der Waals surface area contributed by atoms with Crippen molar-refractivity contribution >= 4 is 0 Å². The van der Waals surface area contributed by atoms with Gasteiger partial charge in [-0.2, -0.15) is 0 Å². The Labute approximate surface area is 81.9 Å². The van der Waals surface area contributed by atoms with Gasteiger partial charge in [0.1, 0.15) is 0 Å². The quantitative estimate of drug-likeness (QED) is 0.522. The van der Waals surface area contributed by atoms with Gasteiger partial charge in [-0.25, -0.2) is 0 Å². The Morgan fingerprint density at radius 1 is 1.46 bits per heavy atom. The fraction of sp³-hybridized carbons (Fsp3) is 0.833. The molecule has 0 amide bonds. The molecule has 0 aromatic rings. The van der Waals surface area contributed by atoms with Gasteiger partial charge in [0, 0.05) is 0 Å². The van der Waals surface area contributed by atoms with Crippen LogP contribution >= 0.6 is 0 Å². The van der Waals surface area contributed by atoms with Gasteiger partial charge < -0.3 is 5.11 Å². The maximum Gasteiger partial charge on any atom is 0.0726 e. The molecule has 1 rings (SSSR count). The second-order valence-corrected chi connectivity index (χ2v) is 4.39. The van der Waals surface area contributed by atoms with E-state index in [4.69, 9.17) is 0 Å². The van der Waals surface area contributed by atoms with E-state index in [0.29, 0.717) is 5.92 Å². The van der Waals surface area contributed by atoms with Crippen molar-refractivity contribution < 1.29 is 5.11 Å². The van der Waals surface area contributed by atoms with Crippen molar-refractivity contribution in [3.63, 3.8) is 0 Å². The van der Waals surface area contributed by atoms with Crippen molar-refractivity contribution in [2.75, 3.05) is 0 Å². The SMILES string of the molecule is CCCCCC1=CC(O)CC(C)C1. The second-order valence-electron chi connectivity index (χ2n) is 4.39. The summed E-state index contributed by atoms with van der Waals surface area (Å²) in [7, 11) is 0. The van der Waals surface area contributed by atoms with Crippen LogP contribution in [0.3, 0.4) is 0 Å². The van der Waals surface area contributed by atoms with Gasteiger partial charge in [0.25, 0.3) is 0 Å². The molecule has 2 atom stereocenters. The van der Waals surface area contributed by atoms with Gasteiger partial charge in [-0.3, -0.25) is 0 Å². The first kappa shape index (κ1) is 10.8. The lowest BCUT2D eigenvalue weighted by atomic mass is 9.86. The molecule has 0 aromatic heterocycles. The standard InChI is InChI=1S/C12H22O/c1-3-4-5-6-11-7-10(2)8-12(13)9-11/h9-10,12-13H,3-8H2,1-2H3. The Kier molecular flexibility index (Phi) is 4.51. The normalized spacial score (nSPS) is 28.7. The zero-order chi connectivity index (χ0) is 9.68. The number of allylic oxidation sites excluding steroid dienone is 1. The van der Waals surface area contributed by atoms with E-state index in [0.717, 1.165) is 6.42 Å². The molecule has 0 fully saturated rings. The zero-order valence-corrected chi connectivity index (χ0v) is 8.92. The van der Waals surface area contributed by atoms with E-state index >= 15 is 0 Å². The minimum absolute atomic E-state index is 0.166. The van der Waals surface area contributed by atoms with Crippen LogP contribution in [-0.4, -0.2) is 11.2 Å². The van der Waals surface area contributed by atoms with Crippen molar-refractivity contribution in [1.82, 2.24) is 0 Å². The highest BCUT2D eigenvalue weighted by atomic mass is 16.3. The fourth-order valence-corrected chi connectivity index (χ4v) is 2.14. The molecule has 1 nitrogen and oxygen atoms in total. The van der Waals surface area contributed by atoms with Gasteiger partial charge in [-0.1, -0.05) is 38.3 Å². The van der Waals surface area contributed by atoms with E-state index in [9.17, 15) is 5.11 Å². The van der Waals surface area contributed by atoms with Crippen LogP contribution in [-0.2, 0) is 0 Å². The number of hydrogen-bond acceptors (Lipinski definition) is 1. The fourth-order valence-electron chi connectivity index (χ4n) is 2.14. The first-order chi connectivity index (χ1) is 6.22. The monoisotopic (exact) mass is 182 g/mol. The summed E-state index contributed by atoms with van der Waals surface area (Å²) in [5.41, 5.74) is 1.49. The highest BCUT2D eigenvalue weighted by molar-refractivity contribution is 5.09. The lowest BCUT2D eigenvalue weighted by molar-refractivity contribution is 0.179. The number of aliphatic hydroxyl groups excluding tert-OH is 1. The molecule has 1 heteroatoms. The van der Waals surface area contributed by atoms with Crippen molar-refractivity contribution in [2.45, 2.75) is 58.5 Å². The van der Waals surface area contributed by atoms with E-state index in [2.05, 4.69) is 19.9 Å². The maximum absolute atomic E-state index is 9.53. The Balaban J connectivity index is 2.31. The molecule has 1 aliphatic rings. The predicted molar refractivity (Wildman–Crippen MR) is 56.6 cm³/mol. The van der Waals surface area contributed by atoms with E-state index < -0.39 is 0 Å². The molecule has 1 aliphatic carbocycles. The highest BCUT2D eigenvalue weighted by Gasteiger charge is 2.16. The Bertz CT molecular complexity index is 172. The maximum atomic E-state index is 9.53. The van der Waals surface area contributed by atoms with Crippen LogP contribution in [0, 0.1) is 5.92 Å². The van der Waals surface area contributed by atoms with Crippen LogP contribution in [0.15, 0.2) is 11.6 Å². The first-order valence-corrected chi connectivity index (χ1v) is 5.60. The molecule has 0 saturated carbocycles. The van der Waals surface area contributed by atoms with E-state index in [1.54, 1.807) is 0 Å². The molecule has 76 valence electrons. The third-order valence-corrected chi connectivity index (χ3v) is 2.78. The van der Waals surface area contributed by atoms with E-state index in [-0.39, 0.29) is 6.10 Å². The molecule has 0 heterocycles. The Morgan fingerprint density at radius 2 is 2.23 bits per heavy atom. The van der Waals surface area contributed by atoms with E-state index in [1.165, 1.54) is 37.7 Å². The zero-order valence-electron chi connectivity index (χ0n) is 8.92. The first-order valence-electron chi connectivity index (χ1n) is 5.60. The van der Waals surface area contributed by atoms with Gasteiger partial charge in [-0.05, 0) is 31.6 Å². The smallest absolute Gasteiger partial charge is 0.0726 e. The number of rotatable bonds is 4. The van der Waals surface area contributed by atoms with E-state index in [1.807, 2.05) is 0 Å². The number of aliphatic hydroxyl groups is 1. The summed E-state index contributed by atoms with van der Waals surface area (Å²) in [5.74, 6) is 0.677. The molecule has 13 heavy (non-hydrogen) atoms. The summed E-state index contributed by atoms with van der Waals surface area (Å²) >= 11 is 0. The summed E-state index contributed by atoms with van der Waals surface area (Å²) in [4.78, 5) is 0. The van der Waals surface area contributed by atoms with Gasteiger partial charge >= 0.3 is 0 Å². The molecule has 2 unspecified atom stereocenters. The Morgan fingerprint density at radius 3 is 2.85 bits per heavy atom. The third-order valence-electron chi connectivity index (χ3n) is 2.78. The molecular formula is C12H22O. The van der Waals surface area contributed by atoms with Gasteiger partial charge in [0.2, 0.25) is 0 Å². The Hall–Kier alpha value is -0.300. The average molecular weight is 182 g/mol. The van der Waals surface area contributed by atoms with Crippen LogP contribution in [0.25, 0.3) is 0 Å². The average Bonchev–Trinajstić information content (AvgIpc) is 2.03. The highest BCUT2D eigenvalue weighted by Crippen LogP contribution is 2.27. The molecule has 0 spiro atoms. The van der Waals surface area contributed by atoms with Crippen LogP contribution in [0.2, 0.25) is 0 Å². The molecule has 0 saturated heterocycles. The topological polar surface area (TPSA) is 20.2 Å². The van der Waals surface area contributed by atoms with Gasteiger partial charge in [0.15, 0.2) is 0 Å². The van der Waals surface area contributed by atoms with Gasteiger partial charge in [-0.15, -0.1) is 0 Å². The molecule has 0 radical (unpaired) electrons. The molecule has 0 aromatic carbocycles. The predicted octanol–water partition coefficient (Wildman–Crippen LogP) is 3.28. The largest absolute Gasteiger partial charge is 0.389 e. The van der Waals surface area contributed by atoms with Crippen molar-refractivity contribution in [2.24, 2.45) is 5.92 Å². The lowest BCUT2D eigenvalue weighted by Crippen LogP contribution is -2.15. The summed E-state index contributed by atoms with van der Waals surface area (Å²) in [6.45, 7) is 4.46. The summed E-state index contributed by atoms with van der Waals surface area (Å²) in [5, 5.41) is 9.53. The number of hydrogen-bond donors (Lipinski definition) is 1. The second kappa shape index (κ2) is 5.43. The minimum atomic E-state index is -0.166. The van der Waals surface area contributed by atoms with Crippen LogP contribution in [0.1, 0.15) is 52.4 Å².